The quantitative estimate of drug-likeness (QED) is 0.0205. The van der Waals surface area contributed by atoms with Gasteiger partial charge in [0.25, 0.3) is 0 Å². The lowest BCUT2D eigenvalue weighted by Crippen LogP contribution is -2.65. The summed E-state index contributed by atoms with van der Waals surface area (Å²) in [7, 11) is 0. The number of rotatable bonds is 48. The largest absolute Gasteiger partial charge is 0.394 e. The fraction of sp³-hybridized carbons (Fsp3) is 0.948. The van der Waals surface area contributed by atoms with Crippen LogP contribution in [0.1, 0.15) is 258 Å². The molecular formula is C58H111NO13. The molecule has 2 heterocycles. The average Bonchev–Trinajstić information content (AvgIpc) is 3.38. The first kappa shape index (κ1) is 66.8. The third-order valence-electron chi connectivity index (χ3n) is 15.0. The molecule has 2 saturated heterocycles. The van der Waals surface area contributed by atoms with Crippen LogP contribution in [0.25, 0.3) is 0 Å². The molecular weight excluding hydrogens is 919 g/mol. The summed E-state index contributed by atoms with van der Waals surface area (Å²) in [5.41, 5.74) is 0. The van der Waals surface area contributed by atoms with E-state index in [2.05, 4.69) is 31.3 Å². The SMILES string of the molecule is CCCCCCCCCC/C=C\CCCCCCCCCCCCCCCCCCCC(=O)NC(COC1OC(CO)C(OC2OC(CO)C(O)C(O)C2O)C(O)C1O)C(O)CCCCCCCCCCC. The summed E-state index contributed by atoms with van der Waals surface area (Å²) in [6.07, 6.45) is 33.9. The van der Waals surface area contributed by atoms with Crippen LogP contribution in [0, 0.1) is 0 Å². The van der Waals surface area contributed by atoms with Crippen LogP contribution in [0.15, 0.2) is 12.2 Å². The average molecular weight is 1030 g/mol. The summed E-state index contributed by atoms with van der Waals surface area (Å²) >= 11 is 0. The van der Waals surface area contributed by atoms with Crippen molar-refractivity contribution >= 4 is 5.91 Å². The molecule has 0 aliphatic carbocycles. The van der Waals surface area contributed by atoms with E-state index in [9.17, 15) is 45.6 Å². The van der Waals surface area contributed by atoms with Gasteiger partial charge in [-0.3, -0.25) is 4.79 Å². The summed E-state index contributed by atoms with van der Waals surface area (Å²) in [5.74, 6) is -0.205. The van der Waals surface area contributed by atoms with Crippen LogP contribution < -0.4 is 5.32 Å². The smallest absolute Gasteiger partial charge is 0.220 e. The van der Waals surface area contributed by atoms with Gasteiger partial charge in [-0.2, -0.15) is 0 Å². The highest BCUT2D eigenvalue weighted by Gasteiger charge is 2.51. The summed E-state index contributed by atoms with van der Waals surface area (Å²) in [4.78, 5) is 13.2. The number of ether oxygens (including phenoxy) is 4. The van der Waals surface area contributed by atoms with Gasteiger partial charge in [-0.15, -0.1) is 0 Å². The molecule has 2 aliphatic heterocycles. The number of amides is 1. The van der Waals surface area contributed by atoms with Crippen LogP contribution in [-0.4, -0.2) is 140 Å². The number of aliphatic hydroxyl groups is 8. The van der Waals surface area contributed by atoms with Gasteiger partial charge in [-0.05, 0) is 38.5 Å². The molecule has 9 N–H and O–H groups in total. The lowest BCUT2D eigenvalue weighted by atomic mass is 9.97. The molecule has 0 aromatic carbocycles. The van der Waals surface area contributed by atoms with Crippen molar-refractivity contribution in [3.8, 4) is 0 Å². The molecule has 12 unspecified atom stereocenters. The van der Waals surface area contributed by atoms with Gasteiger partial charge < -0.3 is 65.1 Å². The zero-order chi connectivity index (χ0) is 52.4. The van der Waals surface area contributed by atoms with E-state index in [0.29, 0.717) is 12.8 Å². The second-order valence-corrected chi connectivity index (χ2v) is 21.5. The van der Waals surface area contributed by atoms with E-state index in [-0.39, 0.29) is 12.5 Å². The van der Waals surface area contributed by atoms with Crippen molar-refractivity contribution < 1.29 is 64.6 Å². The molecule has 2 fully saturated rings. The number of hydrogen-bond acceptors (Lipinski definition) is 13. The number of carbonyl (C=O) groups is 1. The number of allylic oxidation sites excluding steroid dienone is 2. The maximum absolute atomic E-state index is 13.2. The normalized spacial score (nSPS) is 25.6. The Balaban J connectivity index is 1.62. The number of unbranched alkanes of at least 4 members (excludes halogenated alkanes) is 33. The van der Waals surface area contributed by atoms with Gasteiger partial charge in [0.15, 0.2) is 12.6 Å². The van der Waals surface area contributed by atoms with E-state index in [4.69, 9.17) is 18.9 Å². The molecule has 1 amide bonds. The summed E-state index contributed by atoms with van der Waals surface area (Å²) < 4.78 is 22.8. The molecule has 72 heavy (non-hydrogen) atoms. The molecule has 0 aromatic heterocycles. The molecule has 2 rings (SSSR count). The van der Waals surface area contributed by atoms with Gasteiger partial charge in [0.2, 0.25) is 5.91 Å². The van der Waals surface area contributed by atoms with E-state index in [1.807, 2.05) is 0 Å². The molecule has 0 spiro atoms. The van der Waals surface area contributed by atoms with Crippen LogP contribution in [0.3, 0.4) is 0 Å². The zero-order valence-electron chi connectivity index (χ0n) is 45.7. The van der Waals surface area contributed by atoms with Gasteiger partial charge in [0.1, 0.15) is 48.8 Å². The Bertz CT molecular complexity index is 1260. The predicted octanol–water partition coefficient (Wildman–Crippen LogP) is 9.89. The number of hydrogen-bond donors (Lipinski definition) is 9. The first-order valence-electron chi connectivity index (χ1n) is 29.9. The van der Waals surface area contributed by atoms with Gasteiger partial charge >= 0.3 is 0 Å². The second-order valence-electron chi connectivity index (χ2n) is 21.5. The van der Waals surface area contributed by atoms with Crippen molar-refractivity contribution in [1.82, 2.24) is 5.32 Å². The van der Waals surface area contributed by atoms with E-state index >= 15 is 0 Å². The Labute approximate surface area is 437 Å². The third-order valence-corrected chi connectivity index (χ3v) is 15.0. The lowest BCUT2D eigenvalue weighted by molar-refractivity contribution is -0.359. The van der Waals surface area contributed by atoms with E-state index in [0.717, 1.165) is 51.4 Å². The van der Waals surface area contributed by atoms with Crippen molar-refractivity contribution in [2.45, 2.75) is 331 Å². The fourth-order valence-corrected chi connectivity index (χ4v) is 10.1. The fourth-order valence-electron chi connectivity index (χ4n) is 10.1. The Morgan fingerprint density at radius 3 is 1.32 bits per heavy atom. The molecule has 0 saturated carbocycles. The first-order valence-corrected chi connectivity index (χ1v) is 29.9. The maximum Gasteiger partial charge on any atom is 0.220 e. The van der Waals surface area contributed by atoms with Crippen LogP contribution in [0.4, 0.5) is 0 Å². The Morgan fingerprint density at radius 2 is 0.875 bits per heavy atom. The molecule has 12 atom stereocenters. The Kier molecular flexibility index (Phi) is 41.6. The highest BCUT2D eigenvalue weighted by molar-refractivity contribution is 5.76. The van der Waals surface area contributed by atoms with Crippen LogP contribution in [-0.2, 0) is 23.7 Å². The highest BCUT2D eigenvalue weighted by Crippen LogP contribution is 2.30. The van der Waals surface area contributed by atoms with Crippen molar-refractivity contribution in [3.05, 3.63) is 12.2 Å². The highest BCUT2D eigenvalue weighted by atomic mass is 16.7. The number of nitrogens with one attached hydrogen (secondary N) is 1. The van der Waals surface area contributed by atoms with Crippen molar-refractivity contribution in [2.75, 3.05) is 19.8 Å². The Hall–Kier alpha value is -1.27. The minimum Gasteiger partial charge on any atom is -0.394 e. The summed E-state index contributed by atoms with van der Waals surface area (Å²) in [5, 5.41) is 86.9. The van der Waals surface area contributed by atoms with Crippen LogP contribution >= 0.6 is 0 Å². The maximum atomic E-state index is 13.2. The first-order chi connectivity index (χ1) is 35.1. The molecule has 2 aliphatic rings. The van der Waals surface area contributed by atoms with Crippen molar-refractivity contribution in [2.24, 2.45) is 0 Å². The second kappa shape index (κ2) is 44.8. The monoisotopic (exact) mass is 1030 g/mol. The molecule has 426 valence electrons. The van der Waals surface area contributed by atoms with Crippen LogP contribution in [0.5, 0.6) is 0 Å². The van der Waals surface area contributed by atoms with Gasteiger partial charge in [0.05, 0.1) is 32.0 Å². The van der Waals surface area contributed by atoms with Crippen molar-refractivity contribution in [3.63, 3.8) is 0 Å². The van der Waals surface area contributed by atoms with E-state index in [1.165, 1.54) is 180 Å². The van der Waals surface area contributed by atoms with Gasteiger partial charge in [0, 0.05) is 6.42 Å². The third kappa shape index (κ3) is 30.5. The Morgan fingerprint density at radius 1 is 0.486 bits per heavy atom. The summed E-state index contributed by atoms with van der Waals surface area (Å²) in [6.45, 7) is 2.85. The molecule has 0 bridgehead atoms. The zero-order valence-corrected chi connectivity index (χ0v) is 45.7. The standard InChI is InChI=1S/C58H111NO13/c1-3-5-7-9-11-13-14-15-16-17-18-19-20-21-22-23-24-25-26-27-28-29-30-31-32-34-36-38-40-42-50(63)59-46(47(62)41-39-37-35-33-12-10-8-6-4-2)45-69-57-55(68)53(66)56(49(44-61)71-57)72-58-54(67)52(65)51(64)48(43-60)70-58/h17-18,46-49,51-58,60-62,64-68H,3-16,19-45H2,1-2H3,(H,59,63)/b18-17-. The minimum atomic E-state index is -1.78. The van der Waals surface area contributed by atoms with E-state index in [1.54, 1.807) is 0 Å². The van der Waals surface area contributed by atoms with Gasteiger partial charge in [-0.25, -0.2) is 0 Å². The molecule has 14 heteroatoms. The summed E-state index contributed by atoms with van der Waals surface area (Å²) in [6, 6.07) is -0.822. The molecule has 14 nitrogen and oxygen atoms in total. The molecule has 0 radical (unpaired) electrons. The lowest BCUT2D eigenvalue weighted by Gasteiger charge is -2.46. The van der Waals surface area contributed by atoms with Crippen LogP contribution in [0.2, 0.25) is 0 Å². The number of aliphatic hydroxyl groups excluding tert-OH is 8. The van der Waals surface area contributed by atoms with Crippen molar-refractivity contribution in [1.29, 1.82) is 0 Å². The number of carbonyl (C=O) groups excluding carboxylic acids is 1. The topological polar surface area (TPSA) is 228 Å². The molecule has 0 aromatic rings. The minimum absolute atomic E-state index is 0.205. The van der Waals surface area contributed by atoms with Gasteiger partial charge in [-0.1, -0.05) is 225 Å². The predicted molar refractivity (Wildman–Crippen MR) is 286 cm³/mol. The van der Waals surface area contributed by atoms with E-state index < -0.39 is 86.8 Å².